The van der Waals surface area contributed by atoms with Crippen LogP contribution in [0.25, 0.3) is 0 Å². The average molecular weight is 401 g/mol. The van der Waals surface area contributed by atoms with Gasteiger partial charge >= 0.3 is 11.9 Å². The highest BCUT2D eigenvalue weighted by atomic mass is 32.2. The fourth-order valence-corrected chi connectivity index (χ4v) is 5.02. The minimum Gasteiger partial charge on any atom is -0.463 e. The number of carbonyl (C=O) groups is 2. The summed E-state index contributed by atoms with van der Waals surface area (Å²) in [5, 5.41) is 0. The molecule has 0 amide bonds. The summed E-state index contributed by atoms with van der Waals surface area (Å²) in [5.41, 5.74) is 0. The van der Waals surface area contributed by atoms with E-state index in [1.165, 1.54) is 0 Å². The standard InChI is InChI=1S/C20H36N2O4S/c1-6-21-11-16(10-18(21)20(24)26-15(4)5)13-27-22-9-7-8-17(12-22)19(23)25-14(2)3/h14-18H,6-13H2,1-5H3/t16?,17-,18-/m1/s1. The molecular weight excluding hydrogens is 364 g/mol. The van der Waals surface area contributed by atoms with Crippen LogP contribution in [0.3, 0.4) is 0 Å². The van der Waals surface area contributed by atoms with Gasteiger partial charge in [0.2, 0.25) is 0 Å². The van der Waals surface area contributed by atoms with Crippen molar-refractivity contribution in [3.05, 3.63) is 0 Å². The molecule has 0 aromatic heterocycles. The number of ether oxygens (including phenoxy) is 2. The van der Waals surface area contributed by atoms with Gasteiger partial charge in [0.05, 0.1) is 18.1 Å². The molecule has 0 saturated carbocycles. The van der Waals surface area contributed by atoms with E-state index in [-0.39, 0.29) is 36.1 Å². The van der Waals surface area contributed by atoms with Crippen molar-refractivity contribution in [3.63, 3.8) is 0 Å². The first-order chi connectivity index (χ1) is 12.8. The number of esters is 2. The minimum absolute atomic E-state index is 0.0156. The molecule has 6 nitrogen and oxygen atoms in total. The van der Waals surface area contributed by atoms with Crippen LogP contribution in [-0.4, -0.2) is 71.3 Å². The second-order valence-electron chi connectivity index (χ2n) is 8.20. The molecule has 2 fully saturated rings. The van der Waals surface area contributed by atoms with E-state index in [1.807, 2.05) is 39.6 Å². The Morgan fingerprint density at radius 3 is 2.37 bits per heavy atom. The van der Waals surface area contributed by atoms with Crippen LogP contribution in [0.15, 0.2) is 0 Å². The Balaban J connectivity index is 1.80. The second-order valence-corrected chi connectivity index (χ2v) is 9.31. The molecule has 156 valence electrons. The third-order valence-electron chi connectivity index (χ3n) is 5.08. The molecular formula is C20H36N2O4S. The lowest BCUT2D eigenvalue weighted by molar-refractivity contribution is -0.154. The molecule has 2 aliphatic rings. The molecule has 7 heteroatoms. The molecule has 27 heavy (non-hydrogen) atoms. The molecule has 0 spiro atoms. The fourth-order valence-electron chi connectivity index (χ4n) is 3.82. The lowest BCUT2D eigenvalue weighted by Gasteiger charge is -2.31. The van der Waals surface area contributed by atoms with Crippen LogP contribution in [0.2, 0.25) is 0 Å². The fraction of sp³-hybridized carbons (Fsp3) is 0.900. The van der Waals surface area contributed by atoms with Crippen molar-refractivity contribution in [1.82, 2.24) is 9.21 Å². The predicted octanol–water partition coefficient (Wildman–Crippen LogP) is 2.96. The van der Waals surface area contributed by atoms with Crippen LogP contribution in [-0.2, 0) is 19.1 Å². The zero-order chi connectivity index (χ0) is 20.0. The third kappa shape index (κ3) is 6.95. The lowest BCUT2D eigenvalue weighted by Crippen LogP contribution is -2.38. The summed E-state index contributed by atoms with van der Waals surface area (Å²) >= 11 is 1.82. The molecule has 2 heterocycles. The van der Waals surface area contributed by atoms with E-state index >= 15 is 0 Å². The molecule has 0 N–H and O–H groups in total. The van der Waals surface area contributed by atoms with Gasteiger partial charge < -0.3 is 9.47 Å². The summed E-state index contributed by atoms with van der Waals surface area (Å²) in [4.78, 5) is 26.8. The number of likely N-dealkylation sites (tertiary alicyclic amines) is 1. The number of hydrogen-bond donors (Lipinski definition) is 0. The van der Waals surface area contributed by atoms with Crippen LogP contribution in [0, 0.1) is 11.8 Å². The van der Waals surface area contributed by atoms with Gasteiger partial charge in [-0.15, -0.1) is 0 Å². The first kappa shape index (κ1) is 22.5. The summed E-state index contributed by atoms with van der Waals surface area (Å²) in [5.74, 6) is 1.29. The van der Waals surface area contributed by atoms with Crippen LogP contribution in [0.4, 0.5) is 0 Å². The first-order valence-corrected chi connectivity index (χ1v) is 11.3. The molecule has 0 bridgehead atoms. The molecule has 2 rings (SSSR count). The van der Waals surface area contributed by atoms with Crippen molar-refractivity contribution in [2.24, 2.45) is 11.8 Å². The third-order valence-corrected chi connectivity index (χ3v) is 6.40. The number of rotatable bonds is 8. The maximum Gasteiger partial charge on any atom is 0.323 e. The average Bonchev–Trinajstić information content (AvgIpc) is 3.02. The zero-order valence-electron chi connectivity index (χ0n) is 17.5. The van der Waals surface area contributed by atoms with E-state index in [2.05, 4.69) is 16.1 Å². The number of carbonyl (C=O) groups excluding carboxylic acids is 2. The van der Waals surface area contributed by atoms with Crippen LogP contribution < -0.4 is 0 Å². The quantitative estimate of drug-likeness (QED) is 0.458. The summed E-state index contributed by atoms with van der Waals surface area (Å²) in [6.45, 7) is 13.3. The Hall–Kier alpha value is -0.790. The topological polar surface area (TPSA) is 59.1 Å². The van der Waals surface area contributed by atoms with E-state index in [4.69, 9.17) is 9.47 Å². The van der Waals surface area contributed by atoms with Gasteiger partial charge in [-0.2, -0.15) is 0 Å². The molecule has 0 aromatic rings. The van der Waals surface area contributed by atoms with E-state index in [1.54, 1.807) is 0 Å². The van der Waals surface area contributed by atoms with Gasteiger partial charge in [-0.25, -0.2) is 4.31 Å². The molecule has 3 atom stereocenters. The Kier molecular flexibility index (Phi) is 8.89. The van der Waals surface area contributed by atoms with Crippen molar-refractivity contribution < 1.29 is 19.1 Å². The van der Waals surface area contributed by atoms with Crippen LogP contribution >= 0.6 is 11.9 Å². The van der Waals surface area contributed by atoms with Gasteiger partial charge in [-0.3, -0.25) is 14.5 Å². The van der Waals surface area contributed by atoms with Gasteiger partial charge in [0.15, 0.2) is 0 Å². The van der Waals surface area contributed by atoms with Crippen molar-refractivity contribution >= 4 is 23.9 Å². The Bertz CT molecular complexity index is 500. The SMILES string of the molecule is CCN1CC(CSN2CCC[C@@H](C(=O)OC(C)C)C2)C[C@@H]1C(=O)OC(C)C. The van der Waals surface area contributed by atoms with Gasteiger partial charge in [0.25, 0.3) is 0 Å². The number of hydrogen-bond acceptors (Lipinski definition) is 7. The Morgan fingerprint density at radius 1 is 1.07 bits per heavy atom. The summed E-state index contributed by atoms with van der Waals surface area (Å²) in [6.07, 6.45) is 2.68. The molecule has 2 aliphatic heterocycles. The maximum absolute atomic E-state index is 12.4. The predicted molar refractivity (Wildman–Crippen MR) is 108 cm³/mol. The highest BCUT2D eigenvalue weighted by Crippen LogP contribution is 2.30. The molecule has 0 aliphatic carbocycles. The molecule has 0 aromatic carbocycles. The summed E-state index contributed by atoms with van der Waals surface area (Å²) < 4.78 is 13.1. The molecule has 1 unspecified atom stereocenters. The minimum atomic E-state index is -0.113. The highest BCUT2D eigenvalue weighted by Gasteiger charge is 2.37. The van der Waals surface area contributed by atoms with E-state index in [0.717, 1.165) is 51.2 Å². The van der Waals surface area contributed by atoms with E-state index in [0.29, 0.717) is 5.92 Å². The van der Waals surface area contributed by atoms with Crippen molar-refractivity contribution in [3.8, 4) is 0 Å². The maximum atomic E-state index is 12.4. The van der Waals surface area contributed by atoms with Crippen molar-refractivity contribution in [2.45, 2.75) is 72.1 Å². The monoisotopic (exact) mass is 400 g/mol. The number of piperidine rings is 1. The summed E-state index contributed by atoms with van der Waals surface area (Å²) in [6, 6.07) is -0.113. The highest BCUT2D eigenvalue weighted by molar-refractivity contribution is 7.97. The Morgan fingerprint density at radius 2 is 1.74 bits per heavy atom. The molecule has 0 radical (unpaired) electrons. The van der Waals surface area contributed by atoms with E-state index in [9.17, 15) is 9.59 Å². The van der Waals surface area contributed by atoms with Gasteiger partial charge in [0.1, 0.15) is 6.04 Å². The largest absolute Gasteiger partial charge is 0.463 e. The normalized spacial score (nSPS) is 27.3. The molecule has 2 saturated heterocycles. The zero-order valence-corrected chi connectivity index (χ0v) is 18.3. The van der Waals surface area contributed by atoms with Crippen molar-refractivity contribution in [1.29, 1.82) is 0 Å². The number of nitrogens with zero attached hydrogens (tertiary/aromatic N) is 2. The first-order valence-electron chi connectivity index (χ1n) is 10.3. The van der Waals surface area contributed by atoms with Crippen LogP contribution in [0.1, 0.15) is 53.9 Å². The van der Waals surface area contributed by atoms with Gasteiger partial charge in [-0.1, -0.05) is 18.9 Å². The lowest BCUT2D eigenvalue weighted by atomic mass is 10.00. The number of likely N-dealkylation sites (N-methyl/N-ethyl adjacent to an activating group) is 1. The van der Waals surface area contributed by atoms with E-state index < -0.39 is 0 Å². The Labute approximate surface area is 168 Å². The van der Waals surface area contributed by atoms with Gasteiger partial charge in [0, 0.05) is 25.4 Å². The van der Waals surface area contributed by atoms with Gasteiger partial charge in [-0.05, 0) is 59.4 Å². The summed E-state index contributed by atoms with van der Waals surface area (Å²) in [7, 11) is 0. The van der Waals surface area contributed by atoms with Crippen molar-refractivity contribution in [2.75, 3.05) is 31.9 Å². The smallest absolute Gasteiger partial charge is 0.323 e. The second kappa shape index (κ2) is 10.7. The van der Waals surface area contributed by atoms with Crippen LogP contribution in [0.5, 0.6) is 0 Å².